The van der Waals surface area contributed by atoms with Gasteiger partial charge in [0.1, 0.15) is 6.04 Å². The Morgan fingerprint density at radius 3 is 3.03 bits per heavy atom. The molecule has 0 spiro atoms. The molecule has 9 heteroatoms. The summed E-state index contributed by atoms with van der Waals surface area (Å²) in [6.45, 7) is 2.56. The van der Waals surface area contributed by atoms with Gasteiger partial charge in [0.15, 0.2) is 0 Å². The van der Waals surface area contributed by atoms with Crippen LogP contribution in [0.15, 0.2) is 35.1 Å². The molecule has 1 aliphatic carbocycles. The van der Waals surface area contributed by atoms with Crippen molar-refractivity contribution >= 4 is 11.4 Å². The minimum atomic E-state index is -0.408. The quantitative estimate of drug-likeness (QED) is 0.577. The van der Waals surface area contributed by atoms with Gasteiger partial charge in [-0.15, -0.1) is 10.2 Å². The maximum atomic E-state index is 13.3. The lowest BCUT2D eigenvalue weighted by Gasteiger charge is -2.32. The van der Waals surface area contributed by atoms with E-state index in [1.807, 2.05) is 29.8 Å². The first kappa shape index (κ1) is 16.5. The van der Waals surface area contributed by atoms with Crippen molar-refractivity contribution in [3.8, 4) is 0 Å². The van der Waals surface area contributed by atoms with E-state index in [-0.39, 0.29) is 11.8 Å². The average Bonchev–Trinajstić information content (AvgIpc) is 3.13. The standard InChI is InChI=1S/C20H19N7O2/c1-11-4-7-27-13(8-11)9-15(25-27)17-16-14(21-10-22-16)5-6-26(17)20(28)19-24-23-18(29-19)12-2-3-12/h4,7-10,12,17H,2-3,5-6H2,1H3,(H,21,22). The molecule has 0 aromatic carbocycles. The summed E-state index contributed by atoms with van der Waals surface area (Å²) in [6, 6.07) is 5.67. The highest BCUT2D eigenvalue weighted by Gasteiger charge is 2.39. The first-order valence-electron chi connectivity index (χ1n) is 9.80. The Hall–Kier alpha value is -3.49. The molecular formula is C20H19N7O2. The molecule has 1 saturated carbocycles. The predicted octanol–water partition coefficient (Wildman–Crippen LogP) is 2.41. The van der Waals surface area contributed by atoms with E-state index in [0.29, 0.717) is 24.8 Å². The molecule has 5 heterocycles. The number of hydrogen-bond acceptors (Lipinski definition) is 6. The Balaban J connectivity index is 1.43. The third-order valence-corrected chi connectivity index (χ3v) is 5.65. The number of carbonyl (C=O) groups excluding carboxylic acids is 1. The summed E-state index contributed by atoms with van der Waals surface area (Å²) in [5.74, 6) is 0.623. The number of fused-ring (bicyclic) bond motifs is 2. The van der Waals surface area contributed by atoms with Gasteiger partial charge in [-0.2, -0.15) is 5.10 Å². The van der Waals surface area contributed by atoms with Crippen LogP contribution in [0.4, 0.5) is 0 Å². The maximum absolute atomic E-state index is 13.3. The van der Waals surface area contributed by atoms with Crippen LogP contribution in [-0.2, 0) is 6.42 Å². The van der Waals surface area contributed by atoms with Crippen LogP contribution in [0.2, 0.25) is 0 Å². The van der Waals surface area contributed by atoms with E-state index in [2.05, 4.69) is 26.2 Å². The summed E-state index contributed by atoms with van der Waals surface area (Å²) in [7, 11) is 0. The second kappa shape index (κ2) is 6.00. The molecule has 6 rings (SSSR count). The first-order valence-corrected chi connectivity index (χ1v) is 9.80. The van der Waals surface area contributed by atoms with Crippen LogP contribution in [0.3, 0.4) is 0 Å². The molecule has 0 radical (unpaired) electrons. The van der Waals surface area contributed by atoms with Gasteiger partial charge < -0.3 is 14.3 Å². The summed E-state index contributed by atoms with van der Waals surface area (Å²) in [5.41, 5.74) is 4.73. The van der Waals surface area contributed by atoms with E-state index in [1.54, 1.807) is 11.2 Å². The van der Waals surface area contributed by atoms with Crippen molar-refractivity contribution in [3.05, 3.63) is 65.1 Å². The number of hydrogen-bond donors (Lipinski definition) is 1. The molecular weight excluding hydrogens is 370 g/mol. The van der Waals surface area contributed by atoms with Crippen molar-refractivity contribution in [3.63, 3.8) is 0 Å². The Kier molecular flexibility index (Phi) is 3.41. The third-order valence-electron chi connectivity index (χ3n) is 5.65. The lowest BCUT2D eigenvalue weighted by Crippen LogP contribution is -2.41. The first-order chi connectivity index (χ1) is 14.2. The van der Waals surface area contributed by atoms with Crippen LogP contribution in [0, 0.1) is 6.92 Å². The Bertz CT molecular complexity index is 1230. The van der Waals surface area contributed by atoms with Crippen LogP contribution in [-0.4, -0.2) is 47.1 Å². The van der Waals surface area contributed by atoms with Crippen molar-refractivity contribution in [2.45, 2.75) is 38.1 Å². The zero-order valence-electron chi connectivity index (χ0n) is 15.9. The summed E-state index contributed by atoms with van der Waals surface area (Å²) >= 11 is 0. The fourth-order valence-corrected chi connectivity index (χ4v) is 3.99. The van der Waals surface area contributed by atoms with E-state index in [0.717, 1.165) is 41.0 Å². The van der Waals surface area contributed by atoms with Crippen LogP contribution < -0.4 is 0 Å². The normalized spacial score (nSPS) is 18.9. The lowest BCUT2D eigenvalue weighted by molar-refractivity contribution is 0.0644. The highest BCUT2D eigenvalue weighted by Crippen LogP contribution is 2.39. The highest BCUT2D eigenvalue weighted by atomic mass is 16.4. The molecule has 0 saturated heterocycles. The molecule has 1 atom stereocenters. The molecule has 1 aliphatic heterocycles. The molecule has 2 aliphatic rings. The SMILES string of the molecule is Cc1ccn2nc(C3c4nc[nH]c4CCN3C(=O)c3nnc(C4CC4)o3)cc2c1. The van der Waals surface area contributed by atoms with Gasteiger partial charge >= 0.3 is 11.8 Å². The third kappa shape index (κ3) is 2.65. The number of carbonyl (C=O) groups is 1. The number of imidazole rings is 1. The highest BCUT2D eigenvalue weighted by molar-refractivity contribution is 5.90. The topological polar surface area (TPSA) is 105 Å². The van der Waals surface area contributed by atoms with Gasteiger partial charge in [-0.05, 0) is 43.5 Å². The van der Waals surface area contributed by atoms with Crippen LogP contribution in [0.1, 0.15) is 64.0 Å². The van der Waals surface area contributed by atoms with Gasteiger partial charge in [0, 0.05) is 30.8 Å². The lowest BCUT2D eigenvalue weighted by atomic mass is 9.99. The van der Waals surface area contributed by atoms with Crippen molar-refractivity contribution in [2.24, 2.45) is 0 Å². The average molecular weight is 389 g/mol. The number of nitrogens with zero attached hydrogens (tertiary/aromatic N) is 6. The van der Waals surface area contributed by atoms with Crippen molar-refractivity contribution in [1.29, 1.82) is 0 Å². The Morgan fingerprint density at radius 1 is 1.28 bits per heavy atom. The van der Waals surface area contributed by atoms with Crippen molar-refractivity contribution < 1.29 is 9.21 Å². The minimum Gasteiger partial charge on any atom is -0.417 e. The van der Waals surface area contributed by atoms with Crippen molar-refractivity contribution in [2.75, 3.05) is 6.54 Å². The van der Waals surface area contributed by atoms with Gasteiger partial charge in [-0.1, -0.05) is 0 Å². The minimum absolute atomic E-state index is 0.0375. The van der Waals surface area contributed by atoms with Gasteiger partial charge in [-0.25, -0.2) is 9.50 Å². The molecule has 0 bridgehead atoms. The van der Waals surface area contributed by atoms with Gasteiger partial charge in [0.25, 0.3) is 0 Å². The number of amides is 1. The maximum Gasteiger partial charge on any atom is 0.312 e. The molecule has 1 fully saturated rings. The number of pyridine rings is 1. The smallest absolute Gasteiger partial charge is 0.312 e. The molecule has 1 unspecified atom stereocenters. The summed E-state index contributed by atoms with van der Waals surface area (Å²) < 4.78 is 7.51. The fourth-order valence-electron chi connectivity index (χ4n) is 3.99. The fraction of sp³-hybridized carbons (Fsp3) is 0.350. The van der Waals surface area contributed by atoms with Crippen LogP contribution in [0.5, 0.6) is 0 Å². The summed E-state index contributed by atoms with van der Waals surface area (Å²) in [5, 5.41) is 12.8. The number of H-pyrrole nitrogens is 1. The largest absolute Gasteiger partial charge is 0.417 e. The van der Waals surface area contributed by atoms with Crippen LogP contribution in [0.25, 0.3) is 5.52 Å². The number of aryl methyl sites for hydroxylation is 1. The van der Waals surface area contributed by atoms with Crippen molar-refractivity contribution in [1.82, 2.24) is 34.7 Å². The number of aromatic nitrogens is 6. The molecule has 9 nitrogen and oxygen atoms in total. The number of nitrogens with one attached hydrogen (secondary N) is 1. The van der Waals surface area contributed by atoms with Gasteiger partial charge in [0.05, 0.1) is 23.2 Å². The predicted molar refractivity (Wildman–Crippen MR) is 101 cm³/mol. The molecule has 4 aromatic heterocycles. The zero-order valence-corrected chi connectivity index (χ0v) is 15.9. The van der Waals surface area contributed by atoms with E-state index < -0.39 is 6.04 Å². The molecule has 146 valence electrons. The van der Waals surface area contributed by atoms with E-state index in [9.17, 15) is 4.79 Å². The Labute approximate surface area is 165 Å². The molecule has 1 N–H and O–H groups in total. The molecule has 1 amide bonds. The molecule has 29 heavy (non-hydrogen) atoms. The summed E-state index contributed by atoms with van der Waals surface area (Å²) in [6.07, 6.45) is 6.37. The Morgan fingerprint density at radius 2 is 2.17 bits per heavy atom. The van der Waals surface area contributed by atoms with E-state index in [4.69, 9.17) is 9.52 Å². The van der Waals surface area contributed by atoms with Gasteiger partial charge in [-0.3, -0.25) is 4.79 Å². The van der Waals surface area contributed by atoms with E-state index >= 15 is 0 Å². The van der Waals surface area contributed by atoms with Crippen LogP contribution >= 0.6 is 0 Å². The second-order valence-corrected chi connectivity index (χ2v) is 7.78. The zero-order chi connectivity index (χ0) is 19.5. The number of rotatable bonds is 3. The summed E-state index contributed by atoms with van der Waals surface area (Å²) in [4.78, 5) is 22.7. The number of aromatic amines is 1. The molecule has 4 aromatic rings. The monoisotopic (exact) mass is 389 g/mol. The van der Waals surface area contributed by atoms with Gasteiger partial charge in [0.2, 0.25) is 5.89 Å². The second-order valence-electron chi connectivity index (χ2n) is 7.78. The van der Waals surface area contributed by atoms with E-state index in [1.165, 1.54) is 0 Å².